The zero-order valence-electron chi connectivity index (χ0n) is 46.0. The quantitative estimate of drug-likeness (QED) is 0.0845. The Bertz CT molecular complexity index is 3040. The third-order valence-corrected chi connectivity index (χ3v) is 17.0. The van der Waals surface area contributed by atoms with Crippen molar-refractivity contribution in [3.8, 4) is 28.1 Å². The standard InChI is InChI=1S/C61H76N8O8/c1-10-36(3)54(66(8)59(73)56-45(19-24-76-56)39-15-13-12-14-16-39)57(71)63-50-27-38-25-41(28-44(70)26-38)40-17-18-51-47(29-40)49(32-61(5,6)35-77-60(74)53-46-30-42(46)34-69(64-53)58(50)72)55(68(51)11-2)48-31-43(33-62-52(48)37(4)75-9)67-22-20-65(7)21-23-67/h10,12-18,25-26,28-29,31,33,36-37,42,45-46,50,53-54,56,64,70H,1,11,19-24,27,30,32,34-35H2,2-9H3,(H,63,71)/t36-,37+,42?,45-,46+,50+,53+,54+,56-/m1/s1. The van der Waals surface area contributed by atoms with Crippen LogP contribution < -0.4 is 15.6 Å². The molecule has 1 saturated carbocycles. The van der Waals surface area contributed by atoms with Crippen molar-refractivity contribution in [2.24, 2.45) is 23.2 Å². The number of piperazine rings is 1. The number of phenols is 1. The number of aryl methyl sites for hydroxylation is 1. The SMILES string of the molecule is C=C[C@@H](C)[C@@H](C(=O)N[C@H]1Cc2cc(O)cc(c2)-c2ccc3c(c2)c(c(-c2cc(N4CCN(C)CC4)cnc2[C@H](C)OC)n3CC)CC(C)(C)COC(=O)[C@H]2NN(CC3C[C@@H]32)C1=O)N(C)C(=O)[C@@H]1OCC[C@@H]1c1ccccc1. The highest BCUT2D eigenvalue weighted by Gasteiger charge is 2.53. The lowest BCUT2D eigenvalue weighted by Crippen LogP contribution is -2.63. The average Bonchev–Trinajstić information content (AvgIpc) is 4.06. The van der Waals surface area contributed by atoms with E-state index in [9.17, 15) is 19.5 Å². The molecule has 0 spiro atoms. The Morgan fingerprint density at radius 3 is 2.53 bits per heavy atom. The summed E-state index contributed by atoms with van der Waals surface area (Å²) in [6.07, 6.45) is 4.38. The van der Waals surface area contributed by atoms with Crippen LogP contribution in [0.5, 0.6) is 5.75 Å². The Balaban J connectivity index is 1.06. The number of pyridine rings is 1. The van der Waals surface area contributed by atoms with Crippen molar-refractivity contribution < 1.29 is 38.5 Å². The molecule has 4 aliphatic heterocycles. The monoisotopic (exact) mass is 1050 g/mol. The minimum absolute atomic E-state index is 0.00422. The Kier molecular flexibility index (Phi) is 15.4. The van der Waals surface area contributed by atoms with Crippen molar-refractivity contribution in [2.45, 2.75) is 103 Å². The van der Waals surface area contributed by atoms with Crippen LogP contribution in [0.1, 0.15) is 81.9 Å². The Morgan fingerprint density at radius 2 is 1.81 bits per heavy atom. The number of aromatic nitrogens is 2. The third-order valence-electron chi connectivity index (χ3n) is 17.0. The lowest BCUT2D eigenvalue weighted by molar-refractivity contribution is -0.156. The molecule has 408 valence electrons. The molecule has 1 aliphatic carbocycles. The molecule has 3 amide bonds. The number of likely N-dealkylation sites (N-methyl/N-ethyl adjacent to an activating group) is 2. The molecule has 4 fully saturated rings. The normalized spacial score (nSPS) is 24.8. The largest absolute Gasteiger partial charge is 0.508 e. The molecule has 3 saturated heterocycles. The third kappa shape index (κ3) is 10.9. The molecule has 6 bridgehead atoms. The Labute approximate surface area is 452 Å². The van der Waals surface area contributed by atoms with Crippen LogP contribution in [0.15, 0.2) is 91.6 Å². The summed E-state index contributed by atoms with van der Waals surface area (Å²) >= 11 is 0. The summed E-state index contributed by atoms with van der Waals surface area (Å²) in [5.74, 6) is -2.49. The first-order valence-electron chi connectivity index (χ1n) is 27.5. The smallest absolute Gasteiger partial charge is 0.325 e. The van der Waals surface area contributed by atoms with Crippen molar-refractivity contribution >= 4 is 40.3 Å². The first-order valence-corrected chi connectivity index (χ1v) is 27.5. The second-order valence-corrected chi connectivity index (χ2v) is 23.0. The van der Waals surface area contributed by atoms with Crippen LogP contribution in [-0.2, 0) is 52.8 Å². The van der Waals surface area contributed by atoms with Gasteiger partial charge < -0.3 is 43.9 Å². The van der Waals surface area contributed by atoms with Crippen LogP contribution in [0.4, 0.5) is 5.69 Å². The van der Waals surface area contributed by atoms with Gasteiger partial charge in [-0.3, -0.25) is 29.2 Å². The van der Waals surface area contributed by atoms with E-state index in [1.54, 1.807) is 32.4 Å². The van der Waals surface area contributed by atoms with E-state index in [-0.39, 0.29) is 48.5 Å². The Hall–Kier alpha value is -6.59. The Morgan fingerprint density at radius 1 is 1.04 bits per heavy atom. The summed E-state index contributed by atoms with van der Waals surface area (Å²) in [5, 5.41) is 17.1. The lowest BCUT2D eigenvalue weighted by Gasteiger charge is -2.37. The molecule has 2 aromatic heterocycles. The molecular weight excluding hydrogens is 973 g/mol. The van der Waals surface area contributed by atoms with E-state index in [2.05, 4.69) is 83.8 Å². The first kappa shape index (κ1) is 53.8. The summed E-state index contributed by atoms with van der Waals surface area (Å²) in [4.78, 5) is 70.3. The molecule has 5 aliphatic rings. The van der Waals surface area contributed by atoms with Gasteiger partial charge in [-0.05, 0) is 110 Å². The molecule has 16 nitrogen and oxygen atoms in total. The highest BCUT2D eigenvalue weighted by atomic mass is 16.5. The van der Waals surface area contributed by atoms with Crippen LogP contribution in [-0.4, -0.2) is 145 Å². The number of aromatic hydroxyl groups is 1. The number of phenolic OH excluding ortho intramolecular Hbond substituents is 1. The van der Waals surface area contributed by atoms with Crippen molar-refractivity contribution in [1.82, 2.24) is 35.1 Å². The van der Waals surface area contributed by atoms with Gasteiger partial charge in [0.2, 0.25) is 5.91 Å². The number of esters is 1. The molecule has 9 atom stereocenters. The number of carbonyl (C=O) groups excluding carboxylic acids is 4. The van der Waals surface area contributed by atoms with Gasteiger partial charge in [0.1, 0.15) is 30.0 Å². The van der Waals surface area contributed by atoms with Gasteiger partial charge in [0.15, 0.2) is 0 Å². The van der Waals surface area contributed by atoms with Gasteiger partial charge in [-0.2, -0.15) is 0 Å². The van der Waals surface area contributed by atoms with Gasteiger partial charge in [0.25, 0.3) is 11.8 Å². The molecular formula is C61H76N8O8. The summed E-state index contributed by atoms with van der Waals surface area (Å²) < 4.78 is 20.8. The molecule has 3 N–H and O–H groups in total. The van der Waals surface area contributed by atoms with E-state index in [1.807, 2.05) is 56.4 Å². The predicted molar refractivity (Wildman–Crippen MR) is 297 cm³/mol. The number of nitrogens with zero attached hydrogens (tertiary/aromatic N) is 6. The number of methoxy groups -OCH3 is 1. The number of amides is 3. The summed E-state index contributed by atoms with van der Waals surface area (Å²) in [6.45, 7) is 19.4. The zero-order valence-corrected chi connectivity index (χ0v) is 46.0. The minimum atomic E-state index is -1.19. The molecule has 1 unspecified atom stereocenters. The number of anilines is 1. The second-order valence-electron chi connectivity index (χ2n) is 23.0. The first-order chi connectivity index (χ1) is 37.0. The maximum atomic E-state index is 15.1. The van der Waals surface area contributed by atoms with Crippen LogP contribution in [0.25, 0.3) is 33.3 Å². The fraction of sp³-hybridized carbons (Fsp3) is 0.492. The van der Waals surface area contributed by atoms with Crippen molar-refractivity contribution in [3.63, 3.8) is 0 Å². The highest BCUT2D eigenvalue weighted by molar-refractivity contribution is 5.97. The fourth-order valence-corrected chi connectivity index (χ4v) is 12.4. The van der Waals surface area contributed by atoms with Crippen molar-refractivity contribution in [2.75, 3.05) is 72.0 Å². The van der Waals surface area contributed by atoms with Crippen LogP contribution in [0.3, 0.4) is 0 Å². The van der Waals surface area contributed by atoms with E-state index in [4.69, 9.17) is 19.2 Å². The molecule has 6 heterocycles. The predicted octanol–water partition coefficient (Wildman–Crippen LogP) is 7.28. The summed E-state index contributed by atoms with van der Waals surface area (Å²) in [6, 6.07) is 20.7. The van der Waals surface area contributed by atoms with E-state index in [0.717, 1.165) is 88.4 Å². The fourth-order valence-electron chi connectivity index (χ4n) is 12.4. The number of fused-ring (bicyclic) bond motifs is 8. The van der Waals surface area contributed by atoms with Crippen LogP contribution >= 0.6 is 0 Å². The molecule has 5 aromatic rings. The van der Waals surface area contributed by atoms with E-state index in [1.165, 1.54) is 9.91 Å². The number of hydrogen-bond acceptors (Lipinski definition) is 12. The van der Waals surface area contributed by atoms with Gasteiger partial charge in [-0.1, -0.05) is 69.3 Å². The molecule has 3 aromatic carbocycles. The maximum Gasteiger partial charge on any atom is 0.325 e. The van der Waals surface area contributed by atoms with Gasteiger partial charge in [-0.15, -0.1) is 6.58 Å². The van der Waals surface area contributed by atoms with E-state index < -0.39 is 53.3 Å². The van der Waals surface area contributed by atoms with Gasteiger partial charge >= 0.3 is 5.97 Å². The van der Waals surface area contributed by atoms with Gasteiger partial charge in [0.05, 0.1) is 36.0 Å². The molecule has 0 radical (unpaired) electrons. The van der Waals surface area contributed by atoms with Gasteiger partial charge in [-0.25, -0.2) is 5.43 Å². The number of benzene rings is 3. The lowest BCUT2D eigenvalue weighted by atomic mass is 9.84. The van der Waals surface area contributed by atoms with Gasteiger partial charge in [0, 0.05) is 100 Å². The number of hydrogen-bond donors (Lipinski definition) is 3. The van der Waals surface area contributed by atoms with Crippen molar-refractivity contribution in [3.05, 3.63) is 114 Å². The number of carbonyl (C=O) groups is 4. The second kappa shape index (κ2) is 22.0. The number of rotatable bonds is 12. The number of nitrogens with one attached hydrogen (secondary N) is 2. The molecule has 77 heavy (non-hydrogen) atoms. The van der Waals surface area contributed by atoms with Crippen LogP contribution in [0.2, 0.25) is 0 Å². The number of hydrazine groups is 1. The topological polar surface area (TPSA) is 171 Å². The molecule has 16 heteroatoms. The average molecular weight is 1050 g/mol. The minimum Gasteiger partial charge on any atom is -0.508 e. The maximum absolute atomic E-state index is 15.1. The highest BCUT2D eigenvalue weighted by Crippen LogP contribution is 2.46. The number of cyclic esters (lactones) is 1. The van der Waals surface area contributed by atoms with Crippen molar-refractivity contribution in [1.29, 1.82) is 0 Å². The van der Waals surface area contributed by atoms with E-state index in [0.29, 0.717) is 38.1 Å². The van der Waals surface area contributed by atoms with Crippen LogP contribution in [0, 0.1) is 23.2 Å². The van der Waals surface area contributed by atoms with E-state index >= 15 is 4.79 Å². The molecule has 10 rings (SSSR count). The summed E-state index contributed by atoms with van der Waals surface area (Å²) in [5.41, 5.74) is 11.8. The number of ether oxygens (including phenoxy) is 3. The summed E-state index contributed by atoms with van der Waals surface area (Å²) in [7, 11) is 5.46. The zero-order chi connectivity index (χ0) is 54.4.